The summed E-state index contributed by atoms with van der Waals surface area (Å²) in [6.45, 7) is -1.16. The summed E-state index contributed by atoms with van der Waals surface area (Å²) in [5.41, 5.74) is 2.23. The molecule has 0 aliphatic rings. The van der Waals surface area contributed by atoms with Crippen LogP contribution in [0, 0.1) is 0 Å². The maximum atomic E-state index is 12.4. The quantitative estimate of drug-likeness (QED) is 0.369. The summed E-state index contributed by atoms with van der Waals surface area (Å²) in [4.78, 5) is 24.4. The van der Waals surface area contributed by atoms with Gasteiger partial charge in [-0.05, 0) is 18.2 Å². The standard InChI is InChI=1S/C13H11BrCl6N2O5/c1-25-9-3-2-7(14)4-8(9)22(11(24)27-6-13(18,19)20)21-10(23)26-5-12(15,16)17/h2-4H,5-6H2,1H3,(H,21,23). The number of hydrogen-bond acceptors (Lipinski definition) is 5. The van der Waals surface area contributed by atoms with Crippen LogP contribution < -0.4 is 15.2 Å². The van der Waals surface area contributed by atoms with Crippen LogP contribution in [-0.2, 0) is 9.47 Å². The Bertz CT molecular complexity index is 682. The lowest BCUT2D eigenvalue weighted by Crippen LogP contribution is -2.48. The van der Waals surface area contributed by atoms with Gasteiger partial charge in [-0.25, -0.2) is 15.0 Å². The highest BCUT2D eigenvalue weighted by Crippen LogP contribution is 2.32. The van der Waals surface area contributed by atoms with E-state index in [0.717, 1.165) is 0 Å². The number of nitrogens with zero attached hydrogens (tertiary/aromatic N) is 1. The van der Waals surface area contributed by atoms with Crippen molar-refractivity contribution in [3.8, 4) is 5.75 Å². The average molecular weight is 568 g/mol. The Morgan fingerprint density at radius 2 is 1.63 bits per heavy atom. The number of hydrogen-bond donors (Lipinski definition) is 1. The molecule has 0 bridgehead atoms. The summed E-state index contributed by atoms with van der Waals surface area (Å²) in [7, 11) is 1.36. The second-order valence-electron chi connectivity index (χ2n) is 4.62. The molecular formula is C13H11BrCl6N2O5. The summed E-state index contributed by atoms with van der Waals surface area (Å²) in [6.07, 6.45) is -2.21. The van der Waals surface area contributed by atoms with Crippen LogP contribution in [0.1, 0.15) is 0 Å². The fourth-order valence-corrected chi connectivity index (χ4v) is 2.20. The molecule has 0 radical (unpaired) electrons. The third kappa shape index (κ3) is 9.69. The van der Waals surface area contributed by atoms with E-state index in [2.05, 4.69) is 21.4 Å². The molecule has 1 aromatic rings. The molecule has 0 spiro atoms. The van der Waals surface area contributed by atoms with Gasteiger partial charge in [0.05, 0.1) is 7.11 Å². The van der Waals surface area contributed by atoms with E-state index in [-0.39, 0.29) is 11.4 Å². The number of alkyl halides is 6. The lowest BCUT2D eigenvalue weighted by atomic mass is 10.3. The highest BCUT2D eigenvalue weighted by molar-refractivity contribution is 9.10. The molecule has 0 atom stereocenters. The molecular weight excluding hydrogens is 557 g/mol. The molecule has 0 aliphatic heterocycles. The van der Waals surface area contributed by atoms with E-state index >= 15 is 0 Å². The van der Waals surface area contributed by atoms with E-state index in [0.29, 0.717) is 9.48 Å². The third-order valence-corrected chi connectivity index (χ3v) is 3.64. The first-order valence-corrected chi connectivity index (χ1v) is 9.76. The van der Waals surface area contributed by atoms with Crippen LogP contribution in [0.3, 0.4) is 0 Å². The Kier molecular flexibility index (Phi) is 9.68. The van der Waals surface area contributed by atoms with Crippen molar-refractivity contribution in [1.82, 2.24) is 5.43 Å². The van der Waals surface area contributed by atoms with Crippen LogP contribution in [0.5, 0.6) is 5.75 Å². The number of nitrogens with one attached hydrogen (secondary N) is 1. The van der Waals surface area contributed by atoms with Crippen molar-refractivity contribution in [2.45, 2.75) is 7.59 Å². The van der Waals surface area contributed by atoms with Gasteiger partial charge in [-0.15, -0.1) is 0 Å². The Balaban J connectivity index is 3.08. The summed E-state index contributed by atoms with van der Waals surface area (Å²) in [5.74, 6) is 0.214. The molecule has 0 unspecified atom stereocenters. The normalized spacial score (nSPS) is 11.6. The molecule has 27 heavy (non-hydrogen) atoms. The number of benzene rings is 1. The number of halogens is 7. The maximum Gasteiger partial charge on any atom is 0.433 e. The number of methoxy groups -OCH3 is 1. The fraction of sp³-hybridized carbons (Fsp3) is 0.385. The first-order chi connectivity index (χ1) is 12.3. The molecule has 14 heteroatoms. The second kappa shape index (κ2) is 10.5. The molecule has 1 N–H and O–H groups in total. The van der Waals surface area contributed by atoms with E-state index in [9.17, 15) is 9.59 Å². The molecule has 0 heterocycles. The largest absolute Gasteiger partial charge is 0.494 e. The number of carbonyl (C=O) groups excluding carboxylic acids is 2. The van der Waals surface area contributed by atoms with Crippen molar-refractivity contribution in [2.24, 2.45) is 0 Å². The van der Waals surface area contributed by atoms with E-state index in [1.54, 1.807) is 6.07 Å². The predicted molar refractivity (Wildman–Crippen MR) is 110 cm³/mol. The van der Waals surface area contributed by atoms with Crippen molar-refractivity contribution in [3.05, 3.63) is 22.7 Å². The van der Waals surface area contributed by atoms with E-state index in [1.807, 2.05) is 0 Å². The van der Waals surface area contributed by atoms with Crippen molar-refractivity contribution < 1.29 is 23.8 Å². The van der Waals surface area contributed by atoms with Gasteiger partial charge in [0, 0.05) is 4.47 Å². The van der Waals surface area contributed by atoms with Crippen molar-refractivity contribution in [3.63, 3.8) is 0 Å². The summed E-state index contributed by atoms with van der Waals surface area (Å²) >= 11 is 36.5. The number of carbonyl (C=O) groups is 2. The minimum atomic E-state index is -1.86. The Morgan fingerprint density at radius 1 is 1.07 bits per heavy atom. The minimum Gasteiger partial charge on any atom is -0.494 e. The van der Waals surface area contributed by atoms with Gasteiger partial charge >= 0.3 is 12.2 Å². The highest BCUT2D eigenvalue weighted by Gasteiger charge is 2.29. The minimum absolute atomic E-state index is 0.0898. The maximum absolute atomic E-state index is 12.4. The van der Waals surface area contributed by atoms with Crippen molar-refractivity contribution >= 4 is 103 Å². The molecule has 2 amide bonds. The first kappa shape index (κ1) is 24.8. The monoisotopic (exact) mass is 564 g/mol. The van der Waals surface area contributed by atoms with Crippen LogP contribution in [0.15, 0.2) is 22.7 Å². The SMILES string of the molecule is COc1ccc(Br)cc1N(NC(=O)OCC(Cl)(Cl)Cl)C(=O)OCC(Cl)(Cl)Cl. The smallest absolute Gasteiger partial charge is 0.433 e. The zero-order valence-corrected chi connectivity index (χ0v) is 19.4. The predicted octanol–water partition coefficient (Wildman–Crippen LogP) is 5.78. The molecule has 7 nitrogen and oxygen atoms in total. The van der Waals surface area contributed by atoms with Gasteiger partial charge < -0.3 is 14.2 Å². The number of amides is 2. The molecule has 1 aromatic carbocycles. The fourth-order valence-electron chi connectivity index (χ4n) is 1.52. The zero-order chi connectivity index (χ0) is 20.8. The lowest BCUT2D eigenvalue weighted by molar-refractivity contribution is 0.135. The van der Waals surface area contributed by atoms with Gasteiger partial charge in [0.2, 0.25) is 7.59 Å². The van der Waals surface area contributed by atoms with Crippen LogP contribution >= 0.6 is 85.5 Å². The van der Waals surface area contributed by atoms with Gasteiger partial charge in [-0.2, -0.15) is 5.01 Å². The van der Waals surface area contributed by atoms with Crippen LogP contribution in [0.2, 0.25) is 0 Å². The lowest BCUT2D eigenvalue weighted by Gasteiger charge is -2.25. The van der Waals surface area contributed by atoms with Crippen molar-refractivity contribution in [2.75, 3.05) is 25.3 Å². The number of ether oxygens (including phenoxy) is 3. The first-order valence-electron chi connectivity index (χ1n) is 6.70. The van der Waals surface area contributed by atoms with Gasteiger partial charge in [-0.1, -0.05) is 85.5 Å². The number of rotatable bonds is 4. The van der Waals surface area contributed by atoms with E-state index in [4.69, 9.17) is 83.8 Å². The number of hydrazine groups is 1. The zero-order valence-electron chi connectivity index (χ0n) is 13.3. The topological polar surface area (TPSA) is 77.1 Å². The molecule has 0 aliphatic carbocycles. The molecule has 0 aromatic heterocycles. The van der Waals surface area contributed by atoms with E-state index < -0.39 is 33.0 Å². The molecule has 1 rings (SSSR count). The third-order valence-electron chi connectivity index (χ3n) is 2.49. The Hall–Kier alpha value is -0.220. The second-order valence-corrected chi connectivity index (χ2v) is 10.6. The molecule has 0 saturated heterocycles. The van der Waals surface area contributed by atoms with Gasteiger partial charge in [0.25, 0.3) is 0 Å². The van der Waals surface area contributed by atoms with Crippen LogP contribution in [0.25, 0.3) is 0 Å². The summed E-state index contributed by atoms with van der Waals surface area (Å²) in [5, 5.41) is 0.681. The highest BCUT2D eigenvalue weighted by atomic mass is 79.9. The Morgan fingerprint density at radius 3 is 2.15 bits per heavy atom. The van der Waals surface area contributed by atoms with Crippen molar-refractivity contribution in [1.29, 1.82) is 0 Å². The summed E-state index contributed by atoms with van der Waals surface area (Å²) in [6, 6.07) is 4.64. The molecule has 0 saturated carbocycles. The average Bonchev–Trinajstić information content (AvgIpc) is 2.54. The summed E-state index contributed by atoms with van der Waals surface area (Å²) < 4.78 is 11.6. The number of anilines is 1. The van der Waals surface area contributed by atoms with E-state index in [1.165, 1.54) is 19.2 Å². The van der Waals surface area contributed by atoms with Crippen LogP contribution in [-0.4, -0.2) is 40.1 Å². The van der Waals surface area contributed by atoms with Gasteiger partial charge in [0.1, 0.15) is 24.7 Å². The van der Waals surface area contributed by atoms with Gasteiger partial charge in [-0.3, -0.25) is 0 Å². The van der Waals surface area contributed by atoms with Crippen LogP contribution in [0.4, 0.5) is 15.3 Å². The molecule has 152 valence electrons. The Labute approximate surface area is 193 Å². The van der Waals surface area contributed by atoms with Gasteiger partial charge in [0.15, 0.2) is 0 Å². The molecule has 0 fully saturated rings.